The van der Waals surface area contributed by atoms with E-state index < -0.39 is 25.4 Å². The van der Waals surface area contributed by atoms with Crippen LogP contribution in [0, 0.1) is 0 Å². The number of carbonyl (C=O) groups is 1. The molecule has 0 aromatic heterocycles. The fourth-order valence-electron chi connectivity index (χ4n) is 2.13. The second kappa shape index (κ2) is 10.7. The molecule has 0 aromatic rings. The van der Waals surface area contributed by atoms with Crippen LogP contribution in [0.5, 0.6) is 0 Å². The summed E-state index contributed by atoms with van der Waals surface area (Å²) in [5, 5.41) is 0. The molecule has 2 rings (SSSR count). The topological polar surface area (TPSA) is 75.8 Å². The number of unbranched alkanes of at least 4 members (excludes halogenated alkanes) is 1. The van der Waals surface area contributed by atoms with Crippen LogP contribution >= 0.6 is 64.4 Å². The average Bonchev–Trinajstić information content (AvgIpc) is 3.08. The quantitative estimate of drug-likeness (QED) is 0.0919. The van der Waals surface area contributed by atoms with E-state index in [0.29, 0.717) is 25.0 Å². The number of rotatable bonds is 10. The lowest BCUT2D eigenvalue weighted by Gasteiger charge is -2.30. The third-order valence-corrected chi connectivity index (χ3v) is 16.3. The van der Waals surface area contributed by atoms with Crippen molar-refractivity contribution < 1.29 is 14.1 Å². The Morgan fingerprint density at radius 2 is 1.90 bits per heavy atom. The van der Waals surface area contributed by atoms with Crippen molar-refractivity contribution >= 4 is 70.3 Å². The number of allylic oxidation sites excluding steroid dienone is 1. The van der Waals surface area contributed by atoms with E-state index in [0.717, 1.165) is 5.57 Å². The first-order chi connectivity index (χ1) is 13.4. The van der Waals surface area contributed by atoms with E-state index in [4.69, 9.17) is 54.2 Å². The lowest BCUT2D eigenvalue weighted by molar-refractivity contribution is -0.139. The number of nitrogens with zero attached hydrogens (tertiary/aromatic N) is 4. The van der Waals surface area contributed by atoms with E-state index >= 15 is 0 Å². The molecule has 1 heterocycles. The van der Waals surface area contributed by atoms with Crippen molar-refractivity contribution in [2.45, 2.75) is 19.8 Å². The molecule has 2 atom stereocenters. The number of likely N-dealkylation sites (N-methyl/N-ethyl adjacent to an activating group) is 1. The summed E-state index contributed by atoms with van der Waals surface area (Å²) in [7, 11) is 1.77. The second-order valence-corrected chi connectivity index (χ2v) is 18.1. The number of hydrogen-bond acceptors (Lipinski definition) is 7. The van der Waals surface area contributed by atoms with Gasteiger partial charge in [0.2, 0.25) is 6.71 Å². The summed E-state index contributed by atoms with van der Waals surface area (Å²) < 4.78 is 25.5. The van der Waals surface area contributed by atoms with Crippen molar-refractivity contribution in [2.75, 3.05) is 26.8 Å². The van der Waals surface area contributed by atoms with Gasteiger partial charge in [0.05, 0.1) is 13.2 Å². The molecule has 14 heteroatoms. The molecular weight excluding hydrogens is 519 g/mol. The summed E-state index contributed by atoms with van der Waals surface area (Å²) in [5.41, 5.74) is 4.37. The minimum absolute atomic E-state index is 0.236. The Morgan fingerprint density at radius 3 is 2.52 bits per heavy atom. The van der Waals surface area contributed by atoms with Gasteiger partial charge in [-0.3, -0.25) is 0 Å². The highest BCUT2D eigenvalue weighted by Gasteiger charge is 2.37. The van der Waals surface area contributed by atoms with E-state index in [1.807, 2.05) is 18.2 Å². The van der Waals surface area contributed by atoms with Crippen LogP contribution in [-0.4, -0.2) is 37.4 Å². The fraction of sp³-hybridized carbons (Fsp3) is 0.467. The highest BCUT2D eigenvalue weighted by molar-refractivity contribution is 8.17. The average molecular weight is 540 g/mol. The molecule has 0 N–H and O–H groups in total. The zero-order valence-electron chi connectivity index (χ0n) is 15.8. The molecule has 0 aromatic carbocycles. The summed E-state index contributed by atoms with van der Waals surface area (Å²) in [6.07, 6.45) is 6.75. The molecule has 0 amide bonds. The molecular formula is C15H21Cl4N4O3P3. The van der Waals surface area contributed by atoms with Crippen LogP contribution < -0.4 is 0 Å². The Kier molecular flexibility index (Phi) is 9.41. The van der Waals surface area contributed by atoms with E-state index in [2.05, 4.69) is 25.9 Å². The Labute approximate surface area is 190 Å². The molecule has 162 valence electrons. The van der Waals surface area contributed by atoms with E-state index in [1.54, 1.807) is 18.6 Å². The molecule has 0 fully saturated rings. The van der Waals surface area contributed by atoms with Gasteiger partial charge in [-0.25, -0.2) is 9.46 Å². The Hall–Kier alpha value is 0.240. The van der Waals surface area contributed by atoms with Crippen LogP contribution in [0.25, 0.3) is 0 Å². The normalized spacial score (nSPS) is 27.1. The van der Waals surface area contributed by atoms with E-state index in [1.165, 1.54) is 0 Å². The lowest BCUT2D eigenvalue weighted by atomic mass is 10.3. The van der Waals surface area contributed by atoms with Crippen molar-refractivity contribution in [3.63, 3.8) is 0 Å². The van der Waals surface area contributed by atoms with Crippen molar-refractivity contribution in [3.05, 3.63) is 41.7 Å². The van der Waals surface area contributed by atoms with Crippen LogP contribution in [0.3, 0.4) is 0 Å². The molecule has 7 nitrogen and oxygen atoms in total. The summed E-state index contributed by atoms with van der Waals surface area (Å²) >= 11 is 25.8. The maximum absolute atomic E-state index is 11.3. The number of ether oxygens (including phenoxy) is 1. The third-order valence-electron chi connectivity index (χ3n) is 3.54. The van der Waals surface area contributed by atoms with Gasteiger partial charge in [-0.05, 0) is 83.9 Å². The molecule has 1 aliphatic carbocycles. The van der Waals surface area contributed by atoms with E-state index in [-0.39, 0.29) is 13.2 Å². The molecule has 0 radical (unpaired) electrons. The van der Waals surface area contributed by atoms with Crippen molar-refractivity contribution in [1.82, 2.24) is 4.67 Å². The van der Waals surface area contributed by atoms with Crippen molar-refractivity contribution in [2.24, 2.45) is 13.5 Å². The fourth-order valence-corrected chi connectivity index (χ4v) is 17.7. The van der Waals surface area contributed by atoms with Gasteiger partial charge in [0.15, 0.2) is 0 Å². The summed E-state index contributed by atoms with van der Waals surface area (Å²) in [6, 6.07) is 0. The maximum Gasteiger partial charge on any atom is 0.333 e. The lowest BCUT2D eigenvalue weighted by Crippen LogP contribution is -2.14. The SMILES string of the molecule is C=C(C)C(=O)OCCCCOP1(Cl)=NP(Cl)(Cl)=NP(Cl)(N(C)CC2=C=CC=C2)=N1. The summed E-state index contributed by atoms with van der Waals surface area (Å²) in [6.45, 7) is -0.108. The molecule has 2 aliphatic rings. The number of esters is 1. The molecule has 0 spiro atoms. The predicted octanol–water partition coefficient (Wildman–Crippen LogP) is 8.29. The van der Waals surface area contributed by atoms with Crippen LogP contribution in [-0.2, 0) is 14.1 Å². The summed E-state index contributed by atoms with van der Waals surface area (Å²) in [5.74, 6) is -3.55. The largest absolute Gasteiger partial charge is 0.462 e. The minimum atomic E-state index is -3.18. The van der Waals surface area contributed by atoms with Crippen LogP contribution in [0.2, 0.25) is 0 Å². The van der Waals surface area contributed by atoms with Gasteiger partial charge in [0.1, 0.15) is 0 Å². The standard InChI is InChI=1S/C15H21Cl4N4O3P3/c1-13(2)15(24)25-10-6-7-11-26-29(19)21-27(16,17)20-28(18,22-29)23(3)12-14-8-4-5-9-14/h4-5,8H,1,6-7,10-12H2,2-3H3. The molecule has 0 saturated carbocycles. The number of carbonyl (C=O) groups excluding carboxylic acids is 1. The van der Waals surface area contributed by atoms with Gasteiger partial charge < -0.3 is 9.26 Å². The predicted molar refractivity (Wildman–Crippen MR) is 126 cm³/mol. The zero-order chi connectivity index (χ0) is 21.7. The van der Waals surface area contributed by atoms with Crippen LogP contribution in [0.1, 0.15) is 19.8 Å². The van der Waals surface area contributed by atoms with Gasteiger partial charge >= 0.3 is 5.97 Å². The van der Waals surface area contributed by atoms with Crippen molar-refractivity contribution in [1.29, 1.82) is 0 Å². The molecule has 0 saturated heterocycles. The summed E-state index contributed by atoms with van der Waals surface area (Å²) in [4.78, 5) is 11.3. The first-order valence-electron chi connectivity index (χ1n) is 8.46. The van der Waals surface area contributed by atoms with Crippen molar-refractivity contribution in [3.8, 4) is 0 Å². The molecule has 1 aliphatic heterocycles. The Bertz CT molecular complexity index is 950. The minimum Gasteiger partial charge on any atom is -0.462 e. The van der Waals surface area contributed by atoms with Gasteiger partial charge in [-0.2, -0.15) is 13.5 Å². The highest BCUT2D eigenvalue weighted by atomic mass is 35.9. The van der Waals surface area contributed by atoms with Gasteiger partial charge in [-0.1, -0.05) is 12.7 Å². The zero-order valence-corrected chi connectivity index (χ0v) is 21.5. The second-order valence-electron chi connectivity index (χ2n) is 6.16. The molecule has 29 heavy (non-hydrogen) atoms. The first-order valence-corrected chi connectivity index (χ1v) is 17.0. The van der Waals surface area contributed by atoms with Crippen LogP contribution in [0.15, 0.2) is 55.2 Å². The first kappa shape index (κ1) is 25.5. The highest BCUT2D eigenvalue weighted by Crippen LogP contribution is 2.85. The van der Waals surface area contributed by atoms with Gasteiger partial charge in [-0.15, -0.1) is 5.73 Å². The third kappa shape index (κ3) is 8.02. The van der Waals surface area contributed by atoms with Gasteiger partial charge in [0.25, 0.3) is 12.7 Å². The monoisotopic (exact) mass is 538 g/mol. The number of hydrogen-bond donors (Lipinski definition) is 0. The Morgan fingerprint density at radius 1 is 1.21 bits per heavy atom. The Balaban J connectivity index is 2.02. The van der Waals surface area contributed by atoms with Gasteiger partial charge in [0, 0.05) is 17.7 Å². The van der Waals surface area contributed by atoms with E-state index in [9.17, 15) is 4.79 Å². The maximum atomic E-state index is 11.3. The number of halogens is 4. The van der Waals surface area contributed by atoms with Crippen LogP contribution in [0.4, 0.5) is 0 Å². The molecule has 2 unspecified atom stereocenters. The smallest absolute Gasteiger partial charge is 0.333 e. The molecule has 0 bridgehead atoms.